The third kappa shape index (κ3) is 3.16. The van der Waals surface area contributed by atoms with Crippen molar-refractivity contribution in [2.75, 3.05) is 13.1 Å². The highest BCUT2D eigenvalue weighted by Gasteiger charge is 2.25. The van der Waals surface area contributed by atoms with E-state index in [1.54, 1.807) is 35.4 Å². The summed E-state index contributed by atoms with van der Waals surface area (Å²) < 4.78 is 4.94. The summed E-state index contributed by atoms with van der Waals surface area (Å²) >= 11 is 0. The van der Waals surface area contributed by atoms with Gasteiger partial charge in [0, 0.05) is 25.3 Å². The van der Waals surface area contributed by atoms with Crippen molar-refractivity contribution in [3.05, 3.63) is 54.2 Å². The monoisotopic (exact) mass is 299 g/mol. The molecule has 0 bridgehead atoms. The number of nitrogens with zero attached hydrogens (tertiary/aromatic N) is 2. The number of hydrogen-bond acceptors (Lipinski definition) is 4. The number of amides is 2. The normalized spacial score (nSPS) is 15.5. The van der Waals surface area contributed by atoms with Gasteiger partial charge in [-0.05, 0) is 31.0 Å². The van der Waals surface area contributed by atoms with Crippen LogP contribution in [0.3, 0.4) is 0 Å². The molecular formula is C16H17N3O3. The number of aromatic nitrogens is 1. The minimum absolute atomic E-state index is 0.0248. The fourth-order valence-corrected chi connectivity index (χ4v) is 2.55. The largest absolute Gasteiger partial charge is 0.472 e. The number of carbonyl (C=O) groups excluding carboxylic acids is 2. The van der Waals surface area contributed by atoms with Gasteiger partial charge in [-0.25, -0.2) is 0 Å². The van der Waals surface area contributed by atoms with Gasteiger partial charge in [0.25, 0.3) is 11.8 Å². The molecule has 1 aliphatic heterocycles. The molecule has 0 aliphatic carbocycles. The lowest BCUT2D eigenvalue weighted by atomic mass is 10.0. The second-order valence-corrected chi connectivity index (χ2v) is 5.27. The summed E-state index contributed by atoms with van der Waals surface area (Å²) in [7, 11) is 0. The van der Waals surface area contributed by atoms with Crippen molar-refractivity contribution in [3.8, 4) is 0 Å². The Balaban J connectivity index is 1.52. The van der Waals surface area contributed by atoms with Crippen LogP contribution >= 0.6 is 0 Å². The summed E-state index contributed by atoms with van der Waals surface area (Å²) in [6.07, 6.45) is 6.02. The molecule has 3 rings (SSSR count). The Bertz CT molecular complexity index is 632. The van der Waals surface area contributed by atoms with Gasteiger partial charge in [0.15, 0.2) is 0 Å². The Morgan fingerprint density at radius 1 is 1.23 bits per heavy atom. The van der Waals surface area contributed by atoms with Crippen LogP contribution in [0.4, 0.5) is 0 Å². The van der Waals surface area contributed by atoms with Crippen molar-refractivity contribution in [1.82, 2.24) is 15.2 Å². The van der Waals surface area contributed by atoms with E-state index in [2.05, 4.69) is 10.3 Å². The van der Waals surface area contributed by atoms with E-state index in [0.717, 1.165) is 12.8 Å². The van der Waals surface area contributed by atoms with Crippen LogP contribution in [0.2, 0.25) is 0 Å². The van der Waals surface area contributed by atoms with E-state index < -0.39 is 0 Å². The summed E-state index contributed by atoms with van der Waals surface area (Å²) in [5, 5.41) is 2.97. The minimum atomic E-state index is -0.166. The number of pyridine rings is 1. The Labute approximate surface area is 128 Å². The summed E-state index contributed by atoms with van der Waals surface area (Å²) in [5.41, 5.74) is 0.982. The third-order valence-corrected chi connectivity index (χ3v) is 3.78. The molecule has 1 N–H and O–H groups in total. The molecule has 114 valence electrons. The van der Waals surface area contributed by atoms with Crippen LogP contribution in [0.5, 0.6) is 0 Å². The van der Waals surface area contributed by atoms with E-state index in [1.807, 2.05) is 0 Å². The van der Waals surface area contributed by atoms with E-state index in [9.17, 15) is 9.59 Å². The number of furan rings is 1. The van der Waals surface area contributed by atoms with Crippen molar-refractivity contribution in [3.63, 3.8) is 0 Å². The smallest absolute Gasteiger partial charge is 0.270 e. The molecule has 2 aromatic heterocycles. The standard InChI is InChI=1S/C16H17N3O3/c20-15(14-3-1-2-7-17-14)18-13-4-8-19(9-5-13)16(21)12-6-10-22-11-12/h1-3,6-7,10-11,13H,4-5,8-9H2,(H,18,20). The van der Waals surface area contributed by atoms with Gasteiger partial charge in [0.1, 0.15) is 12.0 Å². The molecule has 1 saturated heterocycles. The molecule has 1 aliphatic rings. The molecule has 3 heterocycles. The summed E-state index contributed by atoms with van der Waals surface area (Å²) in [5.74, 6) is -0.191. The first-order chi connectivity index (χ1) is 10.7. The van der Waals surface area contributed by atoms with Gasteiger partial charge in [-0.2, -0.15) is 0 Å². The number of likely N-dealkylation sites (tertiary alicyclic amines) is 1. The van der Waals surface area contributed by atoms with Crippen LogP contribution in [-0.2, 0) is 0 Å². The van der Waals surface area contributed by atoms with Crippen molar-refractivity contribution >= 4 is 11.8 Å². The maximum absolute atomic E-state index is 12.2. The second kappa shape index (κ2) is 6.43. The maximum atomic E-state index is 12.2. The Morgan fingerprint density at radius 2 is 2.05 bits per heavy atom. The van der Waals surface area contributed by atoms with Gasteiger partial charge in [0.05, 0.1) is 11.8 Å². The summed E-state index contributed by atoms with van der Waals surface area (Å²) in [6, 6.07) is 6.98. The summed E-state index contributed by atoms with van der Waals surface area (Å²) in [4.78, 5) is 30.0. The molecule has 1 fully saturated rings. The average molecular weight is 299 g/mol. The van der Waals surface area contributed by atoms with Gasteiger partial charge < -0.3 is 14.6 Å². The van der Waals surface area contributed by atoms with E-state index >= 15 is 0 Å². The van der Waals surface area contributed by atoms with Gasteiger partial charge in [-0.3, -0.25) is 14.6 Å². The first-order valence-electron chi connectivity index (χ1n) is 7.27. The second-order valence-electron chi connectivity index (χ2n) is 5.27. The van der Waals surface area contributed by atoms with E-state index in [0.29, 0.717) is 24.3 Å². The predicted molar refractivity (Wildman–Crippen MR) is 79.3 cm³/mol. The van der Waals surface area contributed by atoms with Crippen LogP contribution in [0.15, 0.2) is 47.4 Å². The van der Waals surface area contributed by atoms with Gasteiger partial charge in [-0.15, -0.1) is 0 Å². The molecule has 0 unspecified atom stereocenters. The van der Waals surface area contributed by atoms with Gasteiger partial charge >= 0.3 is 0 Å². The number of nitrogens with one attached hydrogen (secondary N) is 1. The molecule has 0 aromatic carbocycles. The van der Waals surface area contributed by atoms with Crippen LogP contribution in [-0.4, -0.2) is 40.8 Å². The van der Waals surface area contributed by atoms with E-state index in [-0.39, 0.29) is 17.9 Å². The lowest BCUT2D eigenvalue weighted by molar-refractivity contribution is 0.0697. The first-order valence-corrected chi connectivity index (χ1v) is 7.27. The Morgan fingerprint density at radius 3 is 2.68 bits per heavy atom. The molecule has 0 spiro atoms. The zero-order chi connectivity index (χ0) is 15.4. The average Bonchev–Trinajstić information content (AvgIpc) is 3.10. The van der Waals surface area contributed by atoms with Crippen LogP contribution in [0.25, 0.3) is 0 Å². The highest BCUT2D eigenvalue weighted by Crippen LogP contribution is 2.14. The summed E-state index contributed by atoms with van der Waals surface area (Å²) in [6.45, 7) is 1.24. The minimum Gasteiger partial charge on any atom is -0.472 e. The zero-order valence-corrected chi connectivity index (χ0v) is 12.1. The van der Waals surface area contributed by atoms with Gasteiger partial charge in [-0.1, -0.05) is 6.07 Å². The van der Waals surface area contributed by atoms with Crippen LogP contribution in [0.1, 0.15) is 33.7 Å². The quantitative estimate of drug-likeness (QED) is 0.936. The molecule has 0 saturated carbocycles. The molecule has 6 heteroatoms. The molecular weight excluding hydrogens is 282 g/mol. The molecule has 6 nitrogen and oxygen atoms in total. The number of rotatable bonds is 3. The third-order valence-electron chi connectivity index (χ3n) is 3.78. The maximum Gasteiger partial charge on any atom is 0.270 e. The molecule has 2 amide bonds. The lowest BCUT2D eigenvalue weighted by Crippen LogP contribution is -2.46. The highest BCUT2D eigenvalue weighted by atomic mass is 16.3. The zero-order valence-electron chi connectivity index (χ0n) is 12.1. The SMILES string of the molecule is O=C(NC1CCN(C(=O)c2ccoc2)CC1)c1ccccn1. The Kier molecular flexibility index (Phi) is 4.18. The number of carbonyl (C=O) groups is 2. The van der Waals surface area contributed by atoms with Crippen molar-refractivity contribution in [1.29, 1.82) is 0 Å². The number of piperidine rings is 1. The van der Waals surface area contributed by atoms with E-state index in [1.165, 1.54) is 12.5 Å². The van der Waals surface area contributed by atoms with E-state index in [4.69, 9.17) is 4.42 Å². The lowest BCUT2D eigenvalue weighted by Gasteiger charge is -2.32. The topological polar surface area (TPSA) is 75.4 Å². The van der Waals surface area contributed by atoms with Crippen LogP contribution < -0.4 is 5.32 Å². The molecule has 0 radical (unpaired) electrons. The van der Waals surface area contributed by atoms with Crippen LogP contribution in [0, 0.1) is 0 Å². The first kappa shape index (κ1) is 14.3. The fraction of sp³-hybridized carbons (Fsp3) is 0.312. The predicted octanol–water partition coefficient (Wildman–Crippen LogP) is 1.71. The van der Waals surface area contributed by atoms with Crippen molar-refractivity contribution in [2.24, 2.45) is 0 Å². The van der Waals surface area contributed by atoms with Gasteiger partial charge in [0.2, 0.25) is 0 Å². The number of hydrogen-bond donors (Lipinski definition) is 1. The molecule has 0 atom stereocenters. The molecule has 22 heavy (non-hydrogen) atoms. The van der Waals surface area contributed by atoms with Crippen molar-refractivity contribution < 1.29 is 14.0 Å². The Hall–Kier alpha value is -2.63. The highest BCUT2D eigenvalue weighted by molar-refractivity contribution is 5.94. The molecule has 2 aromatic rings. The van der Waals surface area contributed by atoms with Crippen molar-refractivity contribution in [2.45, 2.75) is 18.9 Å². The fourth-order valence-electron chi connectivity index (χ4n) is 2.55.